The summed E-state index contributed by atoms with van der Waals surface area (Å²) in [6.45, 7) is 3.81. The Hall–Kier alpha value is -3.26. The number of nitrogens with zero attached hydrogens (tertiary/aromatic N) is 2. The lowest BCUT2D eigenvalue weighted by molar-refractivity contribution is -0.135. The van der Waals surface area contributed by atoms with Crippen LogP contribution >= 0.6 is 0 Å². The number of benzene rings is 2. The molecule has 2 aromatic rings. The minimum Gasteiger partial charge on any atom is -0.497 e. The van der Waals surface area contributed by atoms with E-state index in [0.717, 1.165) is 16.9 Å². The van der Waals surface area contributed by atoms with E-state index in [1.54, 1.807) is 30.2 Å². The van der Waals surface area contributed by atoms with Gasteiger partial charge in [0.25, 0.3) is 5.91 Å². The first-order valence-electron chi connectivity index (χ1n) is 11.2. The predicted octanol–water partition coefficient (Wildman–Crippen LogP) is 2.53. The first kappa shape index (κ1) is 22.9. The number of carbonyl (C=O) groups excluding carboxylic acids is 2. The molecule has 2 aromatic carbocycles. The van der Waals surface area contributed by atoms with Gasteiger partial charge in [-0.1, -0.05) is 12.1 Å². The zero-order valence-corrected chi connectivity index (χ0v) is 19.2. The van der Waals surface area contributed by atoms with Gasteiger partial charge >= 0.3 is 0 Å². The molecule has 0 spiro atoms. The third kappa shape index (κ3) is 5.39. The van der Waals surface area contributed by atoms with Gasteiger partial charge in [0.15, 0.2) is 0 Å². The molecule has 0 bridgehead atoms. The van der Waals surface area contributed by atoms with Gasteiger partial charge in [-0.3, -0.25) is 9.59 Å². The van der Waals surface area contributed by atoms with E-state index in [1.165, 1.54) is 7.11 Å². The van der Waals surface area contributed by atoms with Crippen LogP contribution in [0.5, 0.6) is 17.2 Å². The third-order valence-corrected chi connectivity index (χ3v) is 6.02. The quantitative estimate of drug-likeness (QED) is 0.668. The van der Waals surface area contributed by atoms with Crippen molar-refractivity contribution in [3.8, 4) is 17.2 Å². The van der Waals surface area contributed by atoms with Crippen LogP contribution in [0.4, 0.5) is 0 Å². The Bertz CT molecular complexity index is 1000. The highest BCUT2D eigenvalue weighted by Gasteiger charge is 2.24. The fraction of sp³-hybridized carbons (Fsp3) is 0.440. The molecule has 2 aliphatic heterocycles. The van der Waals surface area contributed by atoms with Gasteiger partial charge in [0, 0.05) is 37.7 Å². The highest BCUT2D eigenvalue weighted by Crippen LogP contribution is 2.29. The molecule has 1 fully saturated rings. The van der Waals surface area contributed by atoms with E-state index >= 15 is 0 Å². The molecule has 176 valence electrons. The molecule has 33 heavy (non-hydrogen) atoms. The van der Waals surface area contributed by atoms with Gasteiger partial charge in [0.05, 0.1) is 39.5 Å². The van der Waals surface area contributed by atoms with Crippen molar-refractivity contribution in [2.45, 2.75) is 19.4 Å². The van der Waals surface area contributed by atoms with Gasteiger partial charge in [-0.2, -0.15) is 0 Å². The summed E-state index contributed by atoms with van der Waals surface area (Å²) in [6.07, 6.45) is 1.09. The molecular weight excluding hydrogens is 424 g/mol. The van der Waals surface area contributed by atoms with Crippen molar-refractivity contribution in [2.24, 2.45) is 0 Å². The first-order chi connectivity index (χ1) is 16.1. The molecule has 8 nitrogen and oxygen atoms in total. The van der Waals surface area contributed by atoms with E-state index in [4.69, 9.17) is 18.9 Å². The molecular formula is C25H30N2O6. The second-order valence-electron chi connectivity index (χ2n) is 8.08. The van der Waals surface area contributed by atoms with Gasteiger partial charge in [0.2, 0.25) is 5.91 Å². The van der Waals surface area contributed by atoms with Crippen molar-refractivity contribution in [2.75, 3.05) is 53.7 Å². The van der Waals surface area contributed by atoms with E-state index < -0.39 is 0 Å². The average molecular weight is 455 g/mol. The predicted molar refractivity (Wildman–Crippen MR) is 122 cm³/mol. The number of amides is 2. The van der Waals surface area contributed by atoms with E-state index in [1.807, 2.05) is 23.1 Å². The molecule has 2 aliphatic rings. The number of ether oxygens (including phenoxy) is 4. The lowest BCUT2D eigenvalue weighted by atomic mass is 10.0. The van der Waals surface area contributed by atoms with Gasteiger partial charge < -0.3 is 28.7 Å². The number of hydrogen-bond donors (Lipinski definition) is 0. The van der Waals surface area contributed by atoms with Crippen LogP contribution in [0.15, 0.2) is 36.4 Å². The molecule has 8 heteroatoms. The molecule has 0 aliphatic carbocycles. The SMILES string of the molecule is COc1ccc(C(=O)N2CCOc3ccc(CCC(=O)N4CCOCC4)cc3C2)c(OC)c1. The Morgan fingerprint density at radius 3 is 2.48 bits per heavy atom. The van der Waals surface area contributed by atoms with Crippen LogP contribution < -0.4 is 14.2 Å². The number of methoxy groups -OCH3 is 2. The topological polar surface area (TPSA) is 77.5 Å². The van der Waals surface area contributed by atoms with Crippen molar-refractivity contribution in [1.82, 2.24) is 9.80 Å². The highest BCUT2D eigenvalue weighted by atomic mass is 16.5. The Morgan fingerprint density at radius 1 is 0.939 bits per heavy atom. The molecule has 0 aromatic heterocycles. The van der Waals surface area contributed by atoms with E-state index in [0.29, 0.717) is 75.9 Å². The molecule has 0 radical (unpaired) electrons. The molecule has 2 amide bonds. The summed E-state index contributed by atoms with van der Waals surface area (Å²) in [4.78, 5) is 29.4. The zero-order valence-electron chi connectivity index (χ0n) is 19.2. The Kier molecular flexibility index (Phi) is 7.34. The maximum atomic E-state index is 13.3. The molecule has 0 unspecified atom stereocenters. The second kappa shape index (κ2) is 10.6. The molecule has 0 atom stereocenters. The number of hydrogen-bond acceptors (Lipinski definition) is 6. The van der Waals surface area contributed by atoms with Gasteiger partial charge in [0.1, 0.15) is 23.9 Å². The van der Waals surface area contributed by atoms with E-state index in [-0.39, 0.29) is 11.8 Å². The third-order valence-electron chi connectivity index (χ3n) is 6.02. The normalized spacial score (nSPS) is 15.8. The minimum atomic E-state index is -0.126. The van der Waals surface area contributed by atoms with Crippen molar-refractivity contribution in [1.29, 1.82) is 0 Å². The van der Waals surface area contributed by atoms with Gasteiger partial charge in [-0.15, -0.1) is 0 Å². The lowest BCUT2D eigenvalue weighted by Gasteiger charge is -2.26. The van der Waals surface area contributed by atoms with E-state index in [2.05, 4.69) is 0 Å². The van der Waals surface area contributed by atoms with Crippen LogP contribution in [0, 0.1) is 0 Å². The molecule has 4 rings (SSSR count). The maximum absolute atomic E-state index is 13.3. The van der Waals surface area contributed by atoms with E-state index in [9.17, 15) is 9.59 Å². The molecule has 1 saturated heterocycles. The second-order valence-corrected chi connectivity index (χ2v) is 8.08. The van der Waals surface area contributed by atoms with Crippen LogP contribution in [0.3, 0.4) is 0 Å². The maximum Gasteiger partial charge on any atom is 0.258 e. The minimum absolute atomic E-state index is 0.126. The fourth-order valence-corrected chi connectivity index (χ4v) is 4.14. The highest BCUT2D eigenvalue weighted by molar-refractivity contribution is 5.97. The van der Waals surface area contributed by atoms with Crippen molar-refractivity contribution in [3.05, 3.63) is 53.1 Å². The number of aryl methyl sites for hydroxylation is 1. The summed E-state index contributed by atoms with van der Waals surface area (Å²) < 4.78 is 21.9. The Balaban J connectivity index is 1.46. The van der Waals surface area contributed by atoms with Crippen molar-refractivity contribution in [3.63, 3.8) is 0 Å². The summed E-state index contributed by atoms with van der Waals surface area (Å²) in [5.41, 5.74) is 2.47. The van der Waals surface area contributed by atoms with Crippen LogP contribution in [-0.2, 0) is 22.5 Å². The fourth-order valence-electron chi connectivity index (χ4n) is 4.14. The Morgan fingerprint density at radius 2 is 1.73 bits per heavy atom. The zero-order chi connectivity index (χ0) is 23.2. The summed E-state index contributed by atoms with van der Waals surface area (Å²) in [7, 11) is 3.11. The number of carbonyl (C=O) groups is 2. The monoisotopic (exact) mass is 454 g/mol. The number of rotatable bonds is 6. The smallest absolute Gasteiger partial charge is 0.258 e. The van der Waals surface area contributed by atoms with Crippen LogP contribution in [0.1, 0.15) is 27.9 Å². The number of fused-ring (bicyclic) bond motifs is 1. The summed E-state index contributed by atoms with van der Waals surface area (Å²) >= 11 is 0. The van der Waals surface area contributed by atoms with Crippen LogP contribution in [0.25, 0.3) is 0 Å². The van der Waals surface area contributed by atoms with Crippen LogP contribution in [0.2, 0.25) is 0 Å². The first-order valence-corrected chi connectivity index (χ1v) is 11.2. The molecule has 2 heterocycles. The standard InChI is InChI=1S/C25H30N2O6/c1-30-20-5-6-21(23(16-20)31-2)25(29)27-11-14-33-22-7-3-18(15-19(22)17-27)4-8-24(28)26-9-12-32-13-10-26/h3,5-7,15-16H,4,8-14,17H2,1-2H3. The lowest BCUT2D eigenvalue weighted by Crippen LogP contribution is -2.40. The average Bonchev–Trinajstić information content (AvgIpc) is 3.09. The Labute approximate surface area is 194 Å². The molecule has 0 N–H and O–H groups in total. The van der Waals surface area contributed by atoms with Crippen molar-refractivity contribution >= 4 is 11.8 Å². The summed E-state index contributed by atoms with van der Waals surface area (Å²) in [5, 5.41) is 0. The molecule has 0 saturated carbocycles. The number of morpholine rings is 1. The van der Waals surface area contributed by atoms with Crippen molar-refractivity contribution < 1.29 is 28.5 Å². The summed E-state index contributed by atoms with van der Waals surface area (Å²) in [6, 6.07) is 11.2. The summed E-state index contributed by atoms with van der Waals surface area (Å²) in [5.74, 6) is 1.89. The van der Waals surface area contributed by atoms with Gasteiger partial charge in [-0.05, 0) is 30.2 Å². The van der Waals surface area contributed by atoms with Crippen LogP contribution in [-0.4, -0.2) is 75.3 Å². The largest absolute Gasteiger partial charge is 0.497 e. The van der Waals surface area contributed by atoms with Gasteiger partial charge in [-0.25, -0.2) is 0 Å².